The van der Waals surface area contributed by atoms with Crippen molar-refractivity contribution >= 4 is 11.8 Å². The zero-order valence-electron chi connectivity index (χ0n) is 13.5. The zero-order valence-corrected chi connectivity index (χ0v) is 13.5. The maximum absolute atomic E-state index is 12.7. The predicted molar refractivity (Wildman–Crippen MR) is 85.7 cm³/mol. The fourth-order valence-electron chi connectivity index (χ4n) is 3.37. The van der Waals surface area contributed by atoms with Gasteiger partial charge in [-0.25, -0.2) is 0 Å². The molecule has 0 bridgehead atoms. The summed E-state index contributed by atoms with van der Waals surface area (Å²) < 4.78 is 6.91. The number of piperazine rings is 1. The minimum absolute atomic E-state index is 0.0349. The summed E-state index contributed by atoms with van der Waals surface area (Å²) in [5.74, 6) is -0.0828. The Kier molecular flexibility index (Phi) is 3.84. The monoisotopic (exact) mass is 328 g/mol. The number of furan rings is 1. The molecule has 1 fully saturated rings. The molecule has 0 aliphatic carbocycles. The molecule has 2 amide bonds. The molecule has 7 nitrogen and oxygen atoms in total. The largest absolute Gasteiger partial charge is 0.472 e. The van der Waals surface area contributed by atoms with E-state index in [0.29, 0.717) is 37.4 Å². The molecule has 0 saturated carbocycles. The Balaban J connectivity index is 1.39. The highest BCUT2D eigenvalue weighted by Crippen LogP contribution is 2.17. The molecule has 0 unspecified atom stereocenters. The normalized spacial score (nSPS) is 17.7. The summed E-state index contributed by atoms with van der Waals surface area (Å²) in [4.78, 5) is 28.5. The molecule has 2 aromatic rings. The number of aryl methyl sites for hydroxylation is 2. The summed E-state index contributed by atoms with van der Waals surface area (Å²) in [6.45, 7) is 3.03. The second-order valence-corrected chi connectivity index (χ2v) is 6.30. The molecule has 4 heterocycles. The Bertz CT molecular complexity index is 718. The molecule has 2 aliphatic heterocycles. The summed E-state index contributed by atoms with van der Waals surface area (Å²) in [5.41, 5.74) is 2.23. The molecule has 0 radical (unpaired) electrons. The van der Waals surface area contributed by atoms with Gasteiger partial charge in [-0.1, -0.05) is 0 Å². The summed E-state index contributed by atoms with van der Waals surface area (Å²) in [5, 5.41) is 4.45. The molecule has 7 heteroatoms. The summed E-state index contributed by atoms with van der Waals surface area (Å²) >= 11 is 0. The van der Waals surface area contributed by atoms with Crippen molar-refractivity contribution in [2.45, 2.75) is 25.8 Å². The van der Waals surface area contributed by atoms with Crippen LogP contribution in [0.25, 0.3) is 0 Å². The van der Waals surface area contributed by atoms with Crippen molar-refractivity contribution in [2.75, 3.05) is 26.2 Å². The maximum atomic E-state index is 12.7. The number of hydrogen-bond donors (Lipinski definition) is 0. The number of carbonyl (C=O) groups is 2. The molecule has 0 N–H and O–H groups in total. The zero-order chi connectivity index (χ0) is 16.5. The quantitative estimate of drug-likeness (QED) is 0.836. The Hall–Kier alpha value is -2.57. The van der Waals surface area contributed by atoms with E-state index >= 15 is 0 Å². The molecule has 126 valence electrons. The van der Waals surface area contributed by atoms with Gasteiger partial charge in [0.15, 0.2) is 5.69 Å². The number of amides is 2. The van der Waals surface area contributed by atoms with Gasteiger partial charge < -0.3 is 14.2 Å². The Morgan fingerprint density at radius 3 is 2.42 bits per heavy atom. The second kappa shape index (κ2) is 6.14. The van der Waals surface area contributed by atoms with E-state index in [1.807, 2.05) is 10.7 Å². The third-order valence-corrected chi connectivity index (χ3v) is 4.76. The molecule has 0 spiro atoms. The first kappa shape index (κ1) is 15.0. The number of nitrogens with zero attached hydrogens (tertiary/aromatic N) is 4. The number of rotatable bonds is 2. The van der Waals surface area contributed by atoms with Crippen molar-refractivity contribution in [3.8, 4) is 0 Å². The first-order valence-electron chi connectivity index (χ1n) is 8.40. The van der Waals surface area contributed by atoms with Crippen molar-refractivity contribution < 1.29 is 14.0 Å². The van der Waals surface area contributed by atoms with E-state index in [1.54, 1.807) is 15.9 Å². The van der Waals surface area contributed by atoms with Crippen LogP contribution in [0.1, 0.15) is 39.4 Å². The first-order chi connectivity index (χ1) is 11.7. The molecule has 0 aromatic carbocycles. The van der Waals surface area contributed by atoms with Crippen LogP contribution in [0.4, 0.5) is 0 Å². The lowest BCUT2D eigenvalue weighted by atomic mass is 10.1. The van der Waals surface area contributed by atoms with Gasteiger partial charge in [0.2, 0.25) is 0 Å². The Morgan fingerprint density at radius 2 is 1.75 bits per heavy atom. The van der Waals surface area contributed by atoms with E-state index in [1.165, 1.54) is 12.5 Å². The summed E-state index contributed by atoms with van der Waals surface area (Å²) in [7, 11) is 0. The highest BCUT2D eigenvalue weighted by Gasteiger charge is 2.27. The van der Waals surface area contributed by atoms with Crippen LogP contribution >= 0.6 is 0 Å². The lowest BCUT2D eigenvalue weighted by Gasteiger charge is -2.34. The van der Waals surface area contributed by atoms with Crippen LogP contribution in [0.15, 0.2) is 29.1 Å². The highest BCUT2D eigenvalue weighted by atomic mass is 16.3. The van der Waals surface area contributed by atoms with Crippen molar-refractivity contribution in [3.05, 3.63) is 41.6 Å². The van der Waals surface area contributed by atoms with Crippen LogP contribution in [0.3, 0.4) is 0 Å². The van der Waals surface area contributed by atoms with Crippen molar-refractivity contribution in [3.63, 3.8) is 0 Å². The predicted octanol–water partition coefficient (Wildman–Crippen LogP) is 1.41. The van der Waals surface area contributed by atoms with E-state index in [2.05, 4.69) is 5.10 Å². The minimum atomic E-state index is -0.0479. The third kappa shape index (κ3) is 2.70. The van der Waals surface area contributed by atoms with Gasteiger partial charge >= 0.3 is 0 Å². The minimum Gasteiger partial charge on any atom is -0.472 e. The van der Waals surface area contributed by atoms with Gasteiger partial charge in [0.25, 0.3) is 11.8 Å². The third-order valence-electron chi connectivity index (χ3n) is 4.76. The van der Waals surface area contributed by atoms with Crippen LogP contribution in [0.2, 0.25) is 0 Å². The van der Waals surface area contributed by atoms with E-state index in [-0.39, 0.29) is 11.8 Å². The van der Waals surface area contributed by atoms with Crippen molar-refractivity contribution in [2.24, 2.45) is 0 Å². The van der Waals surface area contributed by atoms with Crippen LogP contribution < -0.4 is 0 Å². The van der Waals surface area contributed by atoms with E-state index in [0.717, 1.165) is 31.5 Å². The first-order valence-corrected chi connectivity index (χ1v) is 8.40. The Labute approximate surface area is 139 Å². The van der Waals surface area contributed by atoms with Crippen LogP contribution in [0.5, 0.6) is 0 Å². The lowest BCUT2D eigenvalue weighted by molar-refractivity contribution is 0.0531. The van der Waals surface area contributed by atoms with E-state index in [4.69, 9.17) is 4.42 Å². The van der Waals surface area contributed by atoms with Crippen LogP contribution in [-0.2, 0) is 13.0 Å². The molecule has 2 aliphatic rings. The number of fused-ring (bicyclic) bond motifs is 1. The molecular weight excluding hydrogens is 308 g/mol. The van der Waals surface area contributed by atoms with Gasteiger partial charge in [-0.05, 0) is 31.4 Å². The van der Waals surface area contributed by atoms with Gasteiger partial charge in [0.1, 0.15) is 6.26 Å². The standard InChI is InChI=1S/C17H20N4O3/c22-16(13-4-10-24-12-13)19-6-8-20(9-7-19)17(23)15-11-14-3-1-2-5-21(14)18-15/h4,10-12H,1-3,5-9H2. The van der Waals surface area contributed by atoms with E-state index < -0.39 is 0 Å². The van der Waals surface area contributed by atoms with Crippen molar-refractivity contribution in [1.29, 1.82) is 0 Å². The van der Waals surface area contributed by atoms with Gasteiger partial charge in [-0.2, -0.15) is 5.10 Å². The summed E-state index contributed by atoms with van der Waals surface area (Å²) in [6.07, 6.45) is 6.22. The molecule has 4 rings (SSSR count). The van der Waals surface area contributed by atoms with Crippen LogP contribution in [-0.4, -0.2) is 57.6 Å². The molecule has 2 aromatic heterocycles. The molecule has 1 saturated heterocycles. The fraction of sp³-hybridized carbons (Fsp3) is 0.471. The van der Waals surface area contributed by atoms with Gasteiger partial charge in [-0.15, -0.1) is 0 Å². The highest BCUT2D eigenvalue weighted by molar-refractivity contribution is 5.95. The smallest absolute Gasteiger partial charge is 0.274 e. The Morgan fingerprint density at radius 1 is 1.00 bits per heavy atom. The average Bonchev–Trinajstić information content (AvgIpc) is 3.30. The molecular formula is C17H20N4O3. The number of carbonyl (C=O) groups excluding carboxylic acids is 2. The van der Waals surface area contributed by atoms with Gasteiger partial charge in [-0.3, -0.25) is 14.3 Å². The molecule has 24 heavy (non-hydrogen) atoms. The van der Waals surface area contributed by atoms with Gasteiger partial charge in [0, 0.05) is 38.4 Å². The SMILES string of the molecule is O=C(c1ccoc1)N1CCN(C(=O)c2cc3n(n2)CCCC3)CC1. The number of hydrogen-bond acceptors (Lipinski definition) is 4. The number of aromatic nitrogens is 2. The van der Waals surface area contributed by atoms with E-state index in [9.17, 15) is 9.59 Å². The molecule has 0 atom stereocenters. The van der Waals surface area contributed by atoms with Gasteiger partial charge in [0.05, 0.1) is 11.8 Å². The fourth-order valence-corrected chi connectivity index (χ4v) is 3.37. The van der Waals surface area contributed by atoms with Crippen LogP contribution in [0, 0.1) is 0 Å². The topological polar surface area (TPSA) is 71.6 Å². The second-order valence-electron chi connectivity index (χ2n) is 6.30. The maximum Gasteiger partial charge on any atom is 0.274 e. The summed E-state index contributed by atoms with van der Waals surface area (Å²) in [6, 6.07) is 3.58. The lowest BCUT2D eigenvalue weighted by Crippen LogP contribution is -2.50. The van der Waals surface area contributed by atoms with Crippen molar-refractivity contribution in [1.82, 2.24) is 19.6 Å². The average molecular weight is 328 g/mol.